The molecule has 0 aromatic carbocycles. The van der Waals surface area contributed by atoms with Gasteiger partial charge in [0, 0.05) is 24.4 Å². The number of carbonyl (C=O) groups is 2. The molecular formula is C16H20N4O4S. The molecule has 2 aromatic heterocycles. The topological polar surface area (TPSA) is 106 Å². The van der Waals surface area contributed by atoms with Gasteiger partial charge < -0.3 is 19.9 Å². The Labute approximate surface area is 149 Å². The highest BCUT2D eigenvalue weighted by molar-refractivity contribution is 8.00. The number of hydrogen-bond acceptors (Lipinski definition) is 7. The number of aryl methyl sites for hydroxylation is 1. The zero-order valence-electron chi connectivity index (χ0n) is 14.1. The SMILES string of the molecule is CCOc1ncccc1CNC(=O)CSCC(=O)Nc1cc(C)on1. The van der Waals surface area contributed by atoms with Gasteiger partial charge in [-0.3, -0.25) is 9.59 Å². The molecule has 2 amide bonds. The highest BCUT2D eigenvalue weighted by Crippen LogP contribution is 2.14. The van der Waals surface area contributed by atoms with Crippen molar-refractivity contribution >= 4 is 29.4 Å². The highest BCUT2D eigenvalue weighted by Gasteiger charge is 2.09. The van der Waals surface area contributed by atoms with Crippen LogP contribution in [0.15, 0.2) is 28.9 Å². The van der Waals surface area contributed by atoms with Crippen LogP contribution >= 0.6 is 11.8 Å². The number of amides is 2. The van der Waals surface area contributed by atoms with Crippen molar-refractivity contribution < 1.29 is 18.8 Å². The van der Waals surface area contributed by atoms with Gasteiger partial charge in [0.2, 0.25) is 17.7 Å². The Kier molecular flexibility index (Phi) is 7.27. The van der Waals surface area contributed by atoms with Crippen LogP contribution in [0.25, 0.3) is 0 Å². The van der Waals surface area contributed by atoms with Gasteiger partial charge in [-0.05, 0) is 19.9 Å². The van der Waals surface area contributed by atoms with E-state index in [4.69, 9.17) is 9.26 Å². The van der Waals surface area contributed by atoms with Gasteiger partial charge in [-0.1, -0.05) is 11.2 Å². The van der Waals surface area contributed by atoms with Crippen molar-refractivity contribution in [2.24, 2.45) is 0 Å². The van der Waals surface area contributed by atoms with E-state index in [2.05, 4.69) is 20.8 Å². The Morgan fingerprint density at radius 1 is 1.32 bits per heavy atom. The van der Waals surface area contributed by atoms with E-state index in [0.29, 0.717) is 30.6 Å². The van der Waals surface area contributed by atoms with Crippen LogP contribution in [0, 0.1) is 6.92 Å². The van der Waals surface area contributed by atoms with Crippen molar-refractivity contribution in [2.45, 2.75) is 20.4 Å². The van der Waals surface area contributed by atoms with Gasteiger partial charge in [0.15, 0.2) is 5.82 Å². The molecule has 0 fully saturated rings. The van der Waals surface area contributed by atoms with Crippen molar-refractivity contribution in [3.05, 3.63) is 35.7 Å². The van der Waals surface area contributed by atoms with Gasteiger partial charge in [0.05, 0.1) is 18.1 Å². The summed E-state index contributed by atoms with van der Waals surface area (Å²) < 4.78 is 10.3. The number of ether oxygens (including phenoxy) is 1. The quantitative estimate of drug-likeness (QED) is 0.698. The standard InChI is InChI=1S/C16H20N4O4S/c1-3-23-16-12(5-4-6-17-16)8-18-14(21)9-25-10-15(22)19-13-7-11(2)24-20-13/h4-7H,3,8-10H2,1-2H3,(H,18,21)(H,19,20,22). The van der Waals surface area contributed by atoms with E-state index in [1.165, 1.54) is 11.8 Å². The van der Waals surface area contributed by atoms with Crippen LogP contribution in [0.2, 0.25) is 0 Å². The summed E-state index contributed by atoms with van der Waals surface area (Å²) in [7, 11) is 0. The number of thioether (sulfide) groups is 1. The summed E-state index contributed by atoms with van der Waals surface area (Å²) in [4.78, 5) is 27.7. The predicted molar refractivity (Wildman–Crippen MR) is 94.4 cm³/mol. The molecule has 0 saturated heterocycles. The van der Waals surface area contributed by atoms with E-state index in [1.807, 2.05) is 13.0 Å². The lowest BCUT2D eigenvalue weighted by Gasteiger charge is -2.09. The minimum absolute atomic E-state index is 0.149. The molecular weight excluding hydrogens is 344 g/mol. The number of hydrogen-bond donors (Lipinski definition) is 2. The summed E-state index contributed by atoms with van der Waals surface area (Å²) in [6.07, 6.45) is 1.64. The summed E-state index contributed by atoms with van der Waals surface area (Å²) in [5.74, 6) is 1.42. The molecule has 2 N–H and O–H groups in total. The number of pyridine rings is 1. The Hall–Kier alpha value is -2.55. The largest absolute Gasteiger partial charge is 0.478 e. The van der Waals surface area contributed by atoms with Crippen LogP contribution in [0.1, 0.15) is 18.2 Å². The second kappa shape index (κ2) is 9.67. The molecule has 0 aliphatic heterocycles. The van der Waals surface area contributed by atoms with Crippen LogP contribution in [-0.2, 0) is 16.1 Å². The maximum Gasteiger partial charge on any atom is 0.235 e. The first-order valence-electron chi connectivity index (χ1n) is 7.72. The molecule has 0 saturated carbocycles. The minimum Gasteiger partial charge on any atom is -0.478 e. The minimum atomic E-state index is -0.239. The highest BCUT2D eigenvalue weighted by atomic mass is 32.2. The Balaban J connectivity index is 1.68. The normalized spacial score (nSPS) is 10.3. The van der Waals surface area contributed by atoms with Crippen molar-refractivity contribution in [3.63, 3.8) is 0 Å². The van der Waals surface area contributed by atoms with Gasteiger partial charge in [0.25, 0.3) is 0 Å². The lowest BCUT2D eigenvalue weighted by atomic mass is 10.2. The number of nitrogens with zero attached hydrogens (tertiary/aromatic N) is 2. The monoisotopic (exact) mass is 364 g/mol. The summed E-state index contributed by atoms with van der Waals surface area (Å²) in [5.41, 5.74) is 0.807. The molecule has 25 heavy (non-hydrogen) atoms. The molecule has 2 aromatic rings. The van der Waals surface area contributed by atoms with E-state index in [0.717, 1.165) is 5.56 Å². The van der Waals surface area contributed by atoms with Crippen molar-refractivity contribution in [1.29, 1.82) is 0 Å². The predicted octanol–water partition coefficient (Wildman–Crippen LogP) is 1.76. The van der Waals surface area contributed by atoms with Gasteiger partial charge in [-0.25, -0.2) is 4.98 Å². The van der Waals surface area contributed by atoms with Gasteiger partial charge in [0.1, 0.15) is 5.76 Å². The molecule has 0 unspecified atom stereocenters. The van der Waals surface area contributed by atoms with Gasteiger partial charge in [-0.15, -0.1) is 11.8 Å². The Morgan fingerprint density at radius 3 is 2.84 bits per heavy atom. The molecule has 0 aliphatic carbocycles. The van der Waals surface area contributed by atoms with Gasteiger partial charge >= 0.3 is 0 Å². The number of aromatic nitrogens is 2. The average Bonchev–Trinajstić information content (AvgIpc) is 2.99. The van der Waals surface area contributed by atoms with Crippen molar-refractivity contribution in [1.82, 2.24) is 15.5 Å². The maximum atomic E-state index is 11.9. The summed E-state index contributed by atoms with van der Waals surface area (Å²) in [6, 6.07) is 5.26. The van der Waals surface area contributed by atoms with Crippen LogP contribution in [-0.4, -0.2) is 40.1 Å². The molecule has 9 heteroatoms. The van der Waals surface area contributed by atoms with E-state index >= 15 is 0 Å². The number of nitrogens with one attached hydrogen (secondary N) is 2. The lowest BCUT2D eigenvalue weighted by molar-refractivity contribution is -0.118. The van der Waals surface area contributed by atoms with E-state index in [9.17, 15) is 9.59 Å². The molecule has 0 radical (unpaired) electrons. The first-order chi connectivity index (χ1) is 12.1. The molecule has 0 atom stereocenters. The van der Waals surface area contributed by atoms with Crippen molar-refractivity contribution in [3.8, 4) is 5.88 Å². The average molecular weight is 364 g/mol. The molecule has 0 aliphatic rings. The van der Waals surface area contributed by atoms with E-state index in [1.54, 1.807) is 25.3 Å². The summed E-state index contributed by atoms with van der Waals surface area (Å²) in [5, 5.41) is 9.05. The molecule has 2 rings (SSSR count). The number of carbonyl (C=O) groups excluding carboxylic acids is 2. The molecule has 0 bridgehead atoms. The molecule has 8 nitrogen and oxygen atoms in total. The molecule has 2 heterocycles. The Morgan fingerprint density at radius 2 is 2.12 bits per heavy atom. The van der Waals surface area contributed by atoms with Gasteiger partial charge in [-0.2, -0.15) is 0 Å². The number of rotatable bonds is 9. The third-order valence-electron chi connectivity index (χ3n) is 2.97. The zero-order valence-corrected chi connectivity index (χ0v) is 14.9. The third-order valence-corrected chi connectivity index (χ3v) is 3.90. The lowest BCUT2D eigenvalue weighted by Crippen LogP contribution is -2.26. The molecule has 0 spiro atoms. The van der Waals surface area contributed by atoms with Crippen LogP contribution < -0.4 is 15.4 Å². The second-order valence-corrected chi connectivity index (χ2v) is 6.03. The second-order valence-electron chi connectivity index (χ2n) is 5.04. The number of anilines is 1. The summed E-state index contributed by atoms with van der Waals surface area (Å²) >= 11 is 1.22. The third kappa shape index (κ3) is 6.46. The van der Waals surface area contributed by atoms with Crippen LogP contribution in [0.3, 0.4) is 0 Å². The fourth-order valence-electron chi connectivity index (χ4n) is 1.91. The maximum absolute atomic E-state index is 11.9. The zero-order chi connectivity index (χ0) is 18.1. The van der Waals surface area contributed by atoms with Crippen molar-refractivity contribution in [2.75, 3.05) is 23.4 Å². The van der Waals surface area contributed by atoms with E-state index in [-0.39, 0.29) is 23.3 Å². The first-order valence-corrected chi connectivity index (χ1v) is 8.88. The smallest absolute Gasteiger partial charge is 0.235 e. The first kappa shape index (κ1) is 18.8. The Bertz CT molecular complexity index is 720. The van der Waals surface area contributed by atoms with E-state index < -0.39 is 0 Å². The van der Waals surface area contributed by atoms with Crippen LogP contribution in [0.4, 0.5) is 5.82 Å². The fraction of sp³-hybridized carbons (Fsp3) is 0.375. The summed E-state index contributed by atoms with van der Waals surface area (Å²) in [6.45, 7) is 4.45. The molecule has 134 valence electrons. The van der Waals surface area contributed by atoms with Crippen LogP contribution in [0.5, 0.6) is 5.88 Å². The fourth-order valence-corrected chi connectivity index (χ4v) is 2.56.